The first-order valence-electron chi connectivity index (χ1n) is 10.5. The first kappa shape index (κ1) is 20.7. The van der Waals surface area contributed by atoms with Gasteiger partial charge >= 0.3 is 0 Å². The van der Waals surface area contributed by atoms with Crippen LogP contribution in [0.1, 0.15) is 46.4 Å². The largest absolute Gasteiger partial charge is 0.376 e. The quantitative estimate of drug-likeness (QED) is 0.728. The molecule has 30 heavy (non-hydrogen) atoms. The summed E-state index contributed by atoms with van der Waals surface area (Å²) in [5, 5.41) is 6.25. The SMILES string of the molecule is O=C(Nc1ccc(N2CCCC2)c(C(=O)NCC2CCCO2)c1)c1ccccc1Cl. The van der Waals surface area contributed by atoms with Crippen LogP contribution >= 0.6 is 11.6 Å². The van der Waals surface area contributed by atoms with Crippen molar-refractivity contribution in [2.45, 2.75) is 31.8 Å². The number of amides is 2. The van der Waals surface area contributed by atoms with Crippen molar-refractivity contribution in [1.82, 2.24) is 5.32 Å². The van der Waals surface area contributed by atoms with Gasteiger partial charge in [0.15, 0.2) is 0 Å². The molecular weight excluding hydrogens is 402 g/mol. The molecule has 2 amide bonds. The summed E-state index contributed by atoms with van der Waals surface area (Å²) in [6.07, 6.45) is 4.30. The number of rotatable bonds is 6. The molecule has 2 N–H and O–H groups in total. The van der Waals surface area contributed by atoms with Gasteiger partial charge in [0.25, 0.3) is 11.8 Å². The average molecular weight is 428 g/mol. The van der Waals surface area contributed by atoms with Crippen molar-refractivity contribution in [2.75, 3.05) is 36.5 Å². The smallest absolute Gasteiger partial charge is 0.257 e. The summed E-state index contributed by atoms with van der Waals surface area (Å²) in [6.45, 7) is 3.10. The van der Waals surface area contributed by atoms with Gasteiger partial charge in [0.2, 0.25) is 0 Å². The zero-order valence-corrected chi connectivity index (χ0v) is 17.6. The van der Waals surface area contributed by atoms with E-state index in [0.29, 0.717) is 28.4 Å². The Hall–Kier alpha value is -2.57. The monoisotopic (exact) mass is 427 g/mol. The molecule has 0 aromatic heterocycles. The van der Waals surface area contributed by atoms with Gasteiger partial charge in [-0.1, -0.05) is 23.7 Å². The maximum Gasteiger partial charge on any atom is 0.257 e. The van der Waals surface area contributed by atoms with E-state index in [1.807, 2.05) is 12.1 Å². The molecule has 0 spiro atoms. The molecule has 2 aliphatic heterocycles. The van der Waals surface area contributed by atoms with E-state index in [1.54, 1.807) is 30.3 Å². The van der Waals surface area contributed by atoms with E-state index in [-0.39, 0.29) is 17.9 Å². The van der Waals surface area contributed by atoms with Crippen LogP contribution in [0, 0.1) is 0 Å². The second kappa shape index (κ2) is 9.49. The standard InChI is InChI=1S/C23H26ClN3O3/c24-20-8-2-1-7-18(20)23(29)26-16-9-10-21(27-11-3-4-12-27)19(14-16)22(28)25-15-17-6-5-13-30-17/h1-2,7-10,14,17H,3-6,11-13,15H2,(H,25,28)(H,26,29). The fraction of sp³-hybridized carbons (Fsp3) is 0.391. The van der Waals surface area contributed by atoms with E-state index in [9.17, 15) is 9.59 Å². The van der Waals surface area contributed by atoms with Gasteiger partial charge in [0, 0.05) is 37.6 Å². The molecule has 7 heteroatoms. The molecule has 2 aromatic carbocycles. The number of anilines is 2. The van der Waals surface area contributed by atoms with E-state index in [1.165, 1.54) is 0 Å². The number of carbonyl (C=O) groups is 2. The lowest BCUT2D eigenvalue weighted by Gasteiger charge is -2.22. The van der Waals surface area contributed by atoms with E-state index in [0.717, 1.165) is 51.1 Å². The minimum absolute atomic E-state index is 0.0762. The van der Waals surface area contributed by atoms with Crippen molar-refractivity contribution in [2.24, 2.45) is 0 Å². The molecule has 0 radical (unpaired) electrons. The second-order valence-electron chi connectivity index (χ2n) is 7.71. The molecule has 6 nitrogen and oxygen atoms in total. The Morgan fingerprint density at radius 2 is 1.83 bits per heavy atom. The number of benzene rings is 2. The highest BCUT2D eigenvalue weighted by atomic mass is 35.5. The predicted molar refractivity (Wildman–Crippen MR) is 119 cm³/mol. The number of carbonyl (C=O) groups excluding carboxylic acids is 2. The maximum atomic E-state index is 13.0. The van der Waals surface area contributed by atoms with Crippen molar-refractivity contribution in [3.63, 3.8) is 0 Å². The van der Waals surface area contributed by atoms with Crippen molar-refractivity contribution in [3.8, 4) is 0 Å². The number of hydrogen-bond acceptors (Lipinski definition) is 4. The topological polar surface area (TPSA) is 70.7 Å². The van der Waals surface area contributed by atoms with Crippen molar-refractivity contribution in [3.05, 3.63) is 58.6 Å². The molecule has 4 rings (SSSR count). The summed E-state index contributed by atoms with van der Waals surface area (Å²) in [6, 6.07) is 12.4. The number of nitrogens with one attached hydrogen (secondary N) is 2. The third kappa shape index (κ3) is 4.77. The lowest BCUT2D eigenvalue weighted by atomic mass is 10.1. The summed E-state index contributed by atoms with van der Waals surface area (Å²) in [7, 11) is 0. The Morgan fingerprint density at radius 3 is 2.57 bits per heavy atom. The zero-order valence-electron chi connectivity index (χ0n) is 16.8. The van der Waals surface area contributed by atoms with Crippen LogP contribution < -0.4 is 15.5 Å². The lowest BCUT2D eigenvalue weighted by molar-refractivity contribution is 0.0858. The van der Waals surface area contributed by atoms with Crippen LogP contribution in [0.4, 0.5) is 11.4 Å². The summed E-state index contributed by atoms with van der Waals surface area (Å²) < 4.78 is 5.61. The number of halogens is 1. The van der Waals surface area contributed by atoms with Gasteiger partial charge in [-0.2, -0.15) is 0 Å². The van der Waals surface area contributed by atoms with Crippen molar-refractivity contribution < 1.29 is 14.3 Å². The fourth-order valence-electron chi connectivity index (χ4n) is 3.98. The van der Waals surface area contributed by atoms with Gasteiger partial charge < -0.3 is 20.3 Å². The summed E-state index contributed by atoms with van der Waals surface area (Å²) >= 11 is 6.14. The highest BCUT2D eigenvalue weighted by Crippen LogP contribution is 2.28. The van der Waals surface area contributed by atoms with Gasteiger partial charge in [-0.15, -0.1) is 0 Å². The molecular formula is C23H26ClN3O3. The van der Waals surface area contributed by atoms with E-state index in [4.69, 9.17) is 16.3 Å². The van der Waals surface area contributed by atoms with Gasteiger partial charge in [-0.3, -0.25) is 9.59 Å². The molecule has 1 atom stereocenters. The van der Waals surface area contributed by atoms with Gasteiger partial charge in [0.05, 0.1) is 22.3 Å². The van der Waals surface area contributed by atoms with Crippen LogP contribution in [0.15, 0.2) is 42.5 Å². The van der Waals surface area contributed by atoms with Gasteiger partial charge in [0.1, 0.15) is 0 Å². The number of hydrogen-bond donors (Lipinski definition) is 2. The van der Waals surface area contributed by atoms with Crippen molar-refractivity contribution in [1.29, 1.82) is 0 Å². The van der Waals surface area contributed by atoms with Gasteiger partial charge in [-0.05, 0) is 56.0 Å². The second-order valence-corrected chi connectivity index (χ2v) is 8.11. The number of nitrogens with zero attached hydrogens (tertiary/aromatic N) is 1. The molecule has 0 saturated carbocycles. The molecule has 1 unspecified atom stereocenters. The molecule has 2 saturated heterocycles. The Labute approximate surface area is 181 Å². The third-order valence-corrected chi connectivity index (χ3v) is 5.91. The summed E-state index contributed by atoms with van der Waals surface area (Å²) in [5.74, 6) is -0.457. The normalized spacial score (nSPS) is 18.4. The first-order valence-corrected chi connectivity index (χ1v) is 10.8. The Balaban J connectivity index is 1.54. The van der Waals surface area contributed by atoms with Crippen LogP contribution in [-0.4, -0.2) is 44.2 Å². The summed E-state index contributed by atoms with van der Waals surface area (Å²) in [5.41, 5.74) is 2.41. The molecule has 158 valence electrons. The van der Waals surface area contributed by atoms with Crippen LogP contribution in [0.2, 0.25) is 5.02 Å². The van der Waals surface area contributed by atoms with Crippen LogP contribution in [0.25, 0.3) is 0 Å². The van der Waals surface area contributed by atoms with Crippen LogP contribution in [0.5, 0.6) is 0 Å². The maximum absolute atomic E-state index is 13.0. The van der Waals surface area contributed by atoms with Crippen LogP contribution in [-0.2, 0) is 4.74 Å². The van der Waals surface area contributed by atoms with E-state index < -0.39 is 0 Å². The van der Waals surface area contributed by atoms with E-state index >= 15 is 0 Å². The molecule has 2 heterocycles. The van der Waals surface area contributed by atoms with E-state index in [2.05, 4.69) is 15.5 Å². The van der Waals surface area contributed by atoms with Crippen LogP contribution in [0.3, 0.4) is 0 Å². The number of ether oxygens (including phenoxy) is 1. The minimum atomic E-state index is -0.305. The minimum Gasteiger partial charge on any atom is -0.376 e. The highest BCUT2D eigenvalue weighted by molar-refractivity contribution is 6.34. The predicted octanol–water partition coefficient (Wildman–Crippen LogP) is 4.10. The molecule has 0 bridgehead atoms. The lowest BCUT2D eigenvalue weighted by Crippen LogP contribution is -2.33. The molecule has 0 aliphatic carbocycles. The molecule has 2 aromatic rings. The Morgan fingerprint density at radius 1 is 1.03 bits per heavy atom. The first-order chi connectivity index (χ1) is 14.6. The third-order valence-electron chi connectivity index (χ3n) is 5.58. The summed E-state index contributed by atoms with van der Waals surface area (Å²) in [4.78, 5) is 27.9. The van der Waals surface area contributed by atoms with Gasteiger partial charge in [-0.25, -0.2) is 0 Å². The fourth-order valence-corrected chi connectivity index (χ4v) is 4.20. The zero-order chi connectivity index (χ0) is 20.9. The van der Waals surface area contributed by atoms with Crippen molar-refractivity contribution >= 4 is 34.8 Å². The highest BCUT2D eigenvalue weighted by Gasteiger charge is 2.22. The molecule has 2 fully saturated rings. The Kier molecular flexibility index (Phi) is 6.55. The average Bonchev–Trinajstić information content (AvgIpc) is 3.46. The molecule has 2 aliphatic rings. The Bertz CT molecular complexity index is 922.